The van der Waals surface area contributed by atoms with Gasteiger partial charge in [0.05, 0.1) is 18.7 Å². The van der Waals surface area contributed by atoms with Crippen LogP contribution in [0.3, 0.4) is 0 Å². The summed E-state index contributed by atoms with van der Waals surface area (Å²) in [6.45, 7) is 1.96. The van der Waals surface area contributed by atoms with E-state index >= 15 is 0 Å². The van der Waals surface area contributed by atoms with Crippen molar-refractivity contribution in [2.24, 2.45) is 0 Å². The fraction of sp³-hybridized carbons (Fsp3) is 0.250. The molecule has 0 saturated carbocycles. The Balaban J connectivity index is 2.58. The molecule has 0 saturated heterocycles. The molecule has 0 fully saturated rings. The Morgan fingerprint density at radius 2 is 2.12 bits per heavy atom. The number of halogens is 2. The third kappa shape index (κ3) is 2.40. The summed E-state index contributed by atoms with van der Waals surface area (Å²) >= 11 is 11.8. The highest BCUT2D eigenvalue weighted by molar-refractivity contribution is 6.30. The van der Waals surface area contributed by atoms with Gasteiger partial charge in [0.1, 0.15) is 11.4 Å². The first-order valence-electron chi connectivity index (χ1n) is 5.11. The second-order valence-electron chi connectivity index (χ2n) is 3.64. The average molecular weight is 271 g/mol. The molecule has 0 radical (unpaired) electrons. The van der Waals surface area contributed by atoms with Gasteiger partial charge in [-0.2, -0.15) is 5.10 Å². The molecule has 1 heterocycles. The van der Waals surface area contributed by atoms with Gasteiger partial charge < -0.3 is 4.74 Å². The number of ether oxygens (including phenoxy) is 1. The number of methoxy groups -OCH3 is 1. The van der Waals surface area contributed by atoms with E-state index in [0.29, 0.717) is 10.9 Å². The monoisotopic (exact) mass is 270 g/mol. The van der Waals surface area contributed by atoms with Crippen LogP contribution in [0.2, 0.25) is 5.02 Å². The number of nitrogens with zero attached hydrogens (tertiary/aromatic N) is 2. The van der Waals surface area contributed by atoms with E-state index in [1.165, 1.54) is 0 Å². The maximum atomic E-state index is 5.99. The highest BCUT2D eigenvalue weighted by Gasteiger charge is 2.11. The van der Waals surface area contributed by atoms with Gasteiger partial charge in [-0.3, -0.25) is 0 Å². The topological polar surface area (TPSA) is 27.1 Å². The highest BCUT2D eigenvalue weighted by atomic mass is 35.5. The lowest BCUT2D eigenvalue weighted by molar-refractivity contribution is 0.411. The molecule has 90 valence electrons. The Bertz CT molecular complexity index is 537. The SMILES string of the molecule is COc1ccc(Cl)cc1-n1nc(CCl)cc1C. The standard InChI is InChI=1S/C12H12Cl2N2O/c1-8-5-10(7-13)15-16(8)11-6-9(14)3-4-12(11)17-2/h3-6H,7H2,1-2H3. The van der Waals surface area contributed by atoms with Gasteiger partial charge in [-0.05, 0) is 31.2 Å². The first kappa shape index (κ1) is 12.3. The number of hydrogen-bond acceptors (Lipinski definition) is 2. The fourth-order valence-electron chi connectivity index (χ4n) is 1.68. The van der Waals surface area contributed by atoms with Gasteiger partial charge in [-0.15, -0.1) is 11.6 Å². The third-order valence-corrected chi connectivity index (χ3v) is 2.95. The molecule has 0 spiro atoms. The van der Waals surface area contributed by atoms with Gasteiger partial charge in [0.2, 0.25) is 0 Å². The first-order chi connectivity index (χ1) is 8.15. The minimum absolute atomic E-state index is 0.386. The van der Waals surface area contributed by atoms with E-state index in [1.807, 2.05) is 25.1 Å². The van der Waals surface area contributed by atoms with Gasteiger partial charge in [0.15, 0.2) is 0 Å². The van der Waals surface area contributed by atoms with Crippen LogP contribution in [-0.2, 0) is 5.88 Å². The van der Waals surface area contributed by atoms with Crippen molar-refractivity contribution in [1.29, 1.82) is 0 Å². The van der Waals surface area contributed by atoms with E-state index in [-0.39, 0.29) is 0 Å². The van der Waals surface area contributed by atoms with E-state index in [4.69, 9.17) is 27.9 Å². The lowest BCUT2D eigenvalue weighted by Gasteiger charge is -2.10. The van der Waals surface area contributed by atoms with Crippen LogP contribution in [0.5, 0.6) is 5.75 Å². The molecule has 1 aromatic carbocycles. The molecule has 0 aliphatic heterocycles. The molecule has 1 aromatic heterocycles. The van der Waals surface area contributed by atoms with Crippen LogP contribution in [-0.4, -0.2) is 16.9 Å². The largest absolute Gasteiger partial charge is 0.494 e. The maximum absolute atomic E-state index is 5.99. The Kier molecular flexibility index (Phi) is 3.60. The van der Waals surface area contributed by atoms with Gasteiger partial charge in [0.25, 0.3) is 0 Å². The molecule has 0 N–H and O–H groups in total. The molecular weight excluding hydrogens is 259 g/mol. The Hall–Kier alpha value is -1.19. The van der Waals surface area contributed by atoms with Crippen molar-refractivity contribution in [2.75, 3.05) is 7.11 Å². The van der Waals surface area contributed by atoms with Crippen molar-refractivity contribution in [3.05, 3.63) is 40.7 Å². The van der Waals surface area contributed by atoms with Crippen LogP contribution in [0.1, 0.15) is 11.4 Å². The van der Waals surface area contributed by atoms with Crippen LogP contribution < -0.4 is 4.74 Å². The fourth-order valence-corrected chi connectivity index (χ4v) is 1.97. The van der Waals surface area contributed by atoms with Gasteiger partial charge in [-0.25, -0.2) is 4.68 Å². The number of aromatic nitrogens is 2. The number of benzene rings is 1. The lowest BCUT2D eigenvalue weighted by Crippen LogP contribution is -2.02. The van der Waals surface area contributed by atoms with E-state index in [0.717, 1.165) is 22.8 Å². The van der Waals surface area contributed by atoms with E-state index in [2.05, 4.69) is 5.10 Å². The van der Waals surface area contributed by atoms with E-state index < -0.39 is 0 Å². The summed E-state index contributed by atoms with van der Waals surface area (Å²) in [6, 6.07) is 7.36. The lowest BCUT2D eigenvalue weighted by atomic mass is 10.3. The summed E-state index contributed by atoms with van der Waals surface area (Å²) in [4.78, 5) is 0. The summed E-state index contributed by atoms with van der Waals surface area (Å²) in [5.74, 6) is 1.11. The molecule has 2 rings (SSSR count). The predicted octanol–water partition coefficient (Wildman–Crippen LogP) is 3.58. The summed E-state index contributed by atoms with van der Waals surface area (Å²) in [6.07, 6.45) is 0. The summed E-state index contributed by atoms with van der Waals surface area (Å²) < 4.78 is 7.08. The first-order valence-corrected chi connectivity index (χ1v) is 6.02. The molecule has 0 aliphatic carbocycles. The van der Waals surface area contributed by atoms with Crippen molar-refractivity contribution in [3.63, 3.8) is 0 Å². The molecule has 0 bridgehead atoms. The van der Waals surface area contributed by atoms with Crippen molar-refractivity contribution >= 4 is 23.2 Å². The Labute approximate surface area is 110 Å². The normalized spacial score (nSPS) is 10.6. The minimum Gasteiger partial charge on any atom is -0.494 e. The maximum Gasteiger partial charge on any atom is 0.144 e. The number of aryl methyl sites for hydroxylation is 1. The van der Waals surface area contributed by atoms with Crippen molar-refractivity contribution in [2.45, 2.75) is 12.8 Å². The second kappa shape index (κ2) is 4.98. The minimum atomic E-state index is 0.386. The molecule has 3 nitrogen and oxygen atoms in total. The summed E-state index contributed by atoms with van der Waals surface area (Å²) in [5.41, 5.74) is 2.63. The zero-order chi connectivity index (χ0) is 12.4. The van der Waals surface area contributed by atoms with Crippen molar-refractivity contribution in [3.8, 4) is 11.4 Å². The smallest absolute Gasteiger partial charge is 0.144 e. The Morgan fingerprint density at radius 3 is 2.71 bits per heavy atom. The molecule has 2 aromatic rings. The van der Waals surface area contributed by atoms with Gasteiger partial charge in [0, 0.05) is 10.7 Å². The van der Waals surface area contributed by atoms with Crippen LogP contribution in [0.4, 0.5) is 0 Å². The molecule has 5 heteroatoms. The van der Waals surface area contributed by atoms with Gasteiger partial charge >= 0.3 is 0 Å². The zero-order valence-corrected chi connectivity index (χ0v) is 11.1. The number of alkyl halides is 1. The van der Waals surface area contributed by atoms with Crippen LogP contribution in [0, 0.1) is 6.92 Å². The summed E-state index contributed by atoms with van der Waals surface area (Å²) in [5, 5.41) is 5.04. The molecule has 17 heavy (non-hydrogen) atoms. The number of rotatable bonds is 3. The summed E-state index contributed by atoms with van der Waals surface area (Å²) in [7, 11) is 1.62. The van der Waals surface area contributed by atoms with Crippen LogP contribution >= 0.6 is 23.2 Å². The second-order valence-corrected chi connectivity index (χ2v) is 4.34. The highest BCUT2D eigenvalue weighted by Crippen LogP contribution is 2.27. The van der Waals surface area contributed by atoms with Crippen LogP contribution in [0.15, 0.2) is 24.3 Å². The number of hydrogen-bond donors (Lipinski definition) is 0. The van der Waals surface area contributed by atoms with Crippen molar-refractivity contribution < 1.29 is 4.74 Å². The molecule has 0 unspecified atom stereocenters. The average Bonchev–Trinajstić information content (AvgIpc) is 2.70. The third-order valence-electron chi connectivity index (χ3n) is 2.44. The molecule has 0 atom stereocenters. The Morgan fingerprint density at radius 1 is 1.35 bits per heavy atom. The van der Waals surface area contributed by atoms with E-state index in [9.17, 15) is 0 Å². The van der Waals surface area contributed by atoms with Crippen molar-refractivity contribution in [1.82, 2.24) is 9.78 Å². The quantitative estimate of drug-likeness (QED) is 0.798. The van der Waals surface area contributed by atoms with E-state index in [1.54, 1.807) is 17.9 Å². The molecule has 0 amide bonds. The molecular formula is C12H12Cl2N2O. The zero-order valence-electron chi connectivity index (χ0n) is 9.58. The van der Waals surface area contributed by atoms with Gasteiger partial charge in [-0.1, -0.05) is 11.6 Å². The van der Waals surface area contributed by atoms with Crippen LogP contribution in [0.25, 0.3) is 5.69 Å². The molecule has 0 aliphatic rings. The predicted molar refractivity (Wildman–Crippen MR) is 69.4 cm³/mol.